The molecule has 1 aromatic carbocycles. The summed E-state index contributed by atoms with van der Waals surface area (Å²) in [5, 5.41) is 3.49. The lowest BCUT2D eigenvalue weighted by Gasteiger charge is -2.35. The van der Waals surface area contributed by atoms with Crippen molar-refractivity contribution in [1.82, 2.24) is 0 Å². The highest BCUT2D eigenvalue weighted by Crippen LogP contribution is 2.43. The molecule has 1 aromatic rings. The summed E-state index contributed by atoms with van der Waals surface area (Å²) in [7, 11) is 0. The number of rotatable bonds is 3. The van der Waals surface area contributed by atoms with E-state index in [1.165, 1.54) is 25.3 Å². The van der Waals surface area contributed by atoms with Crippen LogP contribution in [-0.4, -0.2) is 12.3 Å². The van der Waals surface area contributed by atoms with Crippen LogP contribution in [0.5, 0.6) is 11.5 Å². The number of nitrogens with one attached hydrogen (secondary N) is 1. The number of anilines is 1. The van der Waals surface area contributed by atoms with Gasteiger partial charge in [-0.2, -0.15) is 0 Å². The first-order chi connectivity index (χ1) is 9.94. The van der Waals surface area contributed by atoms with Gasteiger partial charge in [-0.1, -0.05) is 26.7 Å². The average Bonchev–Trinajstić information content (AvgIpc) is 2.72. The molecule has 1 aliphatic carbocycles. The standard InChI is InChI=1S/C16H21F2NO2/c1-10(2)12-5-3-4-6-13(12)19-11-7-8-14-15(9-11)21-16(17,18)20-14/h7-10,12-13,19H,3-6H2,1-2H3. The molecule has 1 heterocycles. The molecule has 1 fully saturated rings. The Labute approximate surface area is 123 Å². The summed E-state index contributed by atoms with van der Waals surface area (Å²) in [6.07, 6.45) is 1.27. The highest BCUT2D eigenvalue weighted by atomic mass is 19.3. The minimum Gasteiger partial charge on any atom is -0.395 e. The Morgan fingerprint density at radius 2 is 1.86 bits per heavy atom. The van der Waals surface area contributed by atoms with Crippen molar-refractivity contribution in [3.63, 3.8) is 0 Å². The average molecular weight is 297 g/mol. The van der Waals surface area contributed by atoms with E-state index >= 15 is 0 Å². The lowest BCUT2D eigenvalue weighted by Crippen LogP contribution is -2.35. The second kappa shape index (κ2) is 5.35. The minimum absolute atomic E-state index is 0.0922. The van der Waals surface area contributed by atoms with Crippen molar-refractivity contribution in [2.24, 2.45) is 11.8 Å². The van der Waals surface area contributed by atoms with Gasteiger partial charge in [0.2, 0.25) is 0 Å². The Morgan fingerprint density at radius 1 is 1.14 bits per heavy atom. The predicted molar refractivity (Wildman–Crippen MR) is 76.9 cm³/mol. The van der Waals surface area contributed by atoms with Crippen LogP contribution in [0.15, 0.2) is 18.2 Å². The molecule has 3 nitrogen and oxygen atoms in total. The summed E-state index contributed by atoms with van der Waals surface area (Å²) in [5.74, 6) is 1.42. The van der Waals surface area contributed by atoms with Crippen LogP contribution in [0.4, 0.5) is 14.5 Å². The van der Waals surface area contributed by atoms with Crippen LogP contribution in [0.1, 0.15) is 39.5 Å². The molecule has 2 atom stereocenters. The molecule has 0 radical (unpaired) electrons. The first-order valence-electron chi connectivity index (χ1n) is 7.61. The van der Waals surface area contributed by atoms with Crippen molar-refractivity contribution in [2.75, 3.05) is 5.32 Å². The Hall–Kier alpha value is -1.52. The molecule has 0 aromatic heterocycles. The fourth-order valence-electron chi connectivity index (χ4n) is 3.39. The number of ether oxygens (including phenoxy) is 2. The molecule has 0 amide bonds. The van der Waals surface area contributed by atoms with Gasteiger partial charge in [-0.15, -0.1) is 8.78 Å². The maximum atomic E-state index is 13.0. The predicted octanol–water partition coefficient (Wildman–Crippen LogP) is 4.63. The molecule has 0 saturated heterocycles. The van der Waals surface area contributed by atoms with Crippen LogP contribution in [0.25, 0.3) is 0 Å². The second-order valence-corrected chi connectivity index (χ2v) is 6.27. The van der Waals surface area contributed by atoms with Crippen molar-refractivity contribution in [2.45, 2.75) is 51.9 Å². The zero-order chi connectivity index (χ0) is 15.0. The van der Waals surface area contributed by atoms with Crippen molar-refractivity contribution in [1.29, 1.82) is 0 Å². The van der Waals surface area contributed by atoms with E-state index in [1.54, 1.807) is 12.1 Å². The number of hydrogen-bond donors (Lipinski definition) is 1. The molecule has 0 spiro atoms. The van der Waals surface area contributed by atoms with E-state index < -0.39 is 6.29 Å². The Morgan fingerprint density at radius 3 is 2.62 bits per heavy atom. The summed E-state index contributed by atoms with van der Waals surface area (Å²) >= 11 is 0. The first kappa shape index (κ1) is 14.4. The van der Waals surface area contributed by atoms with Gasteiger partial charge in [-0.25, -0.2) is 0 Å². The molecule has 2 aliphatic rings. The number of hydrogen-bond acceptors (Lipinski definition) is 3. The zero-order valence-electron chi connectivity index (χ0n) is 12.4. The van der Waals surface area contributed by atoms with E-state index in [-0.39, 0.29) is 11.5 Å². The molecule has 0 bridgehead atoms. The van der Waals surface area contributed by atoms with Gasteiger partial charge in [0.25, 0.3) is 0 Å². The van der Waals surface area contributed by atoms with E-state index in [1.807, 2.05) is 0 Å². The minimum atomic E-state index is -3.55. The van der Waals surface area contributed by atoms with Gasteiger partial charge in [0, 0.05) is 17.8 Å². The van der Waals surface area contributed by atoms with Crippen molar-refractivity contribution in [3.8, 4) is 11.5 Å². The summed E-state index contributed by atoms with van der Waals surface area (Å²) in [4.78, 5) is 0. The third-order valence-electron chi connectivity index (χ3n) is 4.43. The summed E-state index contributed by atoms with van der Waals surface area (Å²) in [5.41, 5.74) is 0.813. The van der Waals surface area contributed by atoms with E-state index in [2.05, 4.69) is 28.6 Å². The molecule has 1 saturated carbocycles. The number of fused-ring (bicyclic) bond motifs is 1. The molecular weight excluding hydrogens is 276 g/mol. The Balaban J connectivity index is 1.74. The monoisotopic (exact) mass is 297 g/mol. The first-order valence-corrected chi connectivity index (χ1v) is 7.61. The topological polar surface area (TPSA) is 30.5 Å². The van der Waals surface area contributed by atoms with Crippen LogP contribution in [0, 0.1) is 11.8 Å². The highest BCUT2D eigenvalue weighted by molar-refractivity contribution is 5.56. The van der Waals surface area contributed by atoms with Crippen LogP contribution < -0.4 is 14.8 Å². The normalized spacial score (nSPS) is 26.9. The van der Waals surface area contributed by atoms with Gasteiger partial charge in [0.05, 0.1) is 0 Å². The van der Waals surface area contributed by atoms with E-state index in [4.69, 9.17) is 0 Å². The number of alkyl halides is 2. The maximum Gasteiger partial charge on any atom is 0.586 e. The summed E-state index contributed by atoms with van der Waals surface area (Å²) in [6.45, 7) is 4.48. The molecule has 3 rings (SSSR count). The SMILES string of the molecule is CC(C)C1CCCCC1Nc1ccc2c(c1)OC(F)(F)O2. The lowest BCUT2D eigenvalue weighted by atomic mass is 9.78. The van der Waals surface area contributed by atoms with Gasteiger partial charge in [0.15, 0.2) is 11.5 Å². The van der Waals surface area contributed by atoms with E-state index in [0.29, 0.717) is 17.9 Å². The molecule has 1 aliphatic heterocycles. The van der Waals surface area contributed by atoms with E-state index in [9.17, 15) is 8.78 Å². The molecule has 5 heteroatoms. The zero-order valence-corrected chi connectivity index (χ0v) is 12.4. The number of halogens is 2. The molecule has 21 heavy (non-hydrogen) atoms. The van der Waals surface area contributed by atoms with Gasteiger partial charge in [0.1, 0.15) is 0 Å². The van der Waals surface area contributed by atoms with E-state index in [0.717, 1.165) is 12.1 Å². The van der Waals surface area contributed by atoms with Crippen LogP contribution in [0.2, 0.25) is 0 Å². The van der Waals surface area contributed by atoms with Crippen molar-refractivity contribution >= 4 is 5.69 Å². The fraction of sp³-hybridized carbons (Fsp3) is 0.625. The van der Waals surface area contributed by atoms with Gasteiger partial charge in [-0.3, -0.25) is 0 Å². The molecule has 116 valence electrons. The largest absolute Gasteiger partial charge is 0.586 e. The quantitative estimate of drug-likeness (QED) is 0.882. The Bertz CT molecular complexity index is 519. The van der Waals surface area contributed by atoms with Crippen LogP contribution >= 0.6 is 0 Å². The highest BCUT2D eigenvalue weighted by Gasteiger charge is 2.43. The fourth-order valence-corrected chi connectivity index (χ4v) is 3.39. The van der Waals surface area contributed by atoms with Crippen molar-refractivity contribution < 1.29 is 18.3 Å². The molecule has 1 N–H and O–H groups in total. The van der Waals surface area contributed by atoms with Gasteiger partial charge >= 0.3 is 6.29 Å². The summed E-state index contributed by atoms with van der Waals surface area (Å²) < 4.78 is 35.0. The smallest absolute Gasteiger partial charge is 0.395 e. The Kier molecular flexibility index (Phi) is 3.68. The third-order valence-corrected chi connectivity index (χ3v) is 4.43. The second-order valence-electron chi connectivity index (χ2n) is 6.27. The van der Waals surface area contributed by atoms with Crippen LogP contribution in [0.3, 0.4) is 0 Å². The molecular formula is C16H21F2NO2. The third kappa shape index (κ3) is 3.06. The van der Waals surface area contributed by atoms with Gasteiger partial charge in [-0.05, 0) is 36.8 Å². The van der Waals surface area contributed by atoms with Gasteiger partial charge < -0.3 is 14.8 Å². The lowest BCUT2D eigenvalue weighted by molar-refractivity contribution is -0.286. The molecule has 2 unspecified atom stereocenters. The van der Waals surface area contributed by atoms with Crippen LogP contribution in [-0.2, 0) is 0 Å². The van der Waals surface area contributed by atoms with Crippen molar-refractivity contribution in [3.05, 3.63) is 18.2 Å². The number of benzene rings is 1. The summed E-state index contributed by atoms with van der Waals surface area (Å²) in [6, 6.07) is 5.29. The maximum absolute atomic E-state index is 13.0.